The van der Waals surface area contributed by atoms with Crippen LogP contribution in [0, 0.1) is 0 Å². The number of carbonyl (C=O) groups is 2. The highest BCUT2D eigenvalue weighted by molar-refractivity contribution is 5.94. The lowest BCUT2D eigenvalue weighted by Crippen LogP contribution is -2.45. The van der Waals surface area contributed by atoms with Crippen LogP contribution in [0.25, 0.3) is 0 Å². The molecule has 0 unspecified atom stereocenters. The van der Waals surface area contributed by atoms with Gasteiger partial charge < -0.3 is 14.9 Å². The Morgan fingerprint density at radius 1 is 0.962 bits per heavy atom. The predicted molar refractivity (Wildman–Crippen MR) is 99.7 cm³/mol. The zero-order valence-electron chi connectivity index (χ0n) is 14.8. The summed E-state index contributed by atoms with van der Waals surface area (Å²) in [5, 5.41) is 9.83. The van der Waals surface area contributed by atoms with Gasteiger partial charge in [0, 0.05) is 31.6 Å². The van der Waals surface area contributed by atoms with E-state index in [1.165, 1.54) is 0 Å². The van der Waals surface area contributed by atoms with Crippen molar-refractivity contribution in [3.05, 3.63) is 71.8 Å². The number of amides is 2. The molecule has 1 aliphatic rings. The van der Waals surface area contributed by atoms with Gasteiger partial charge in [-0.2, -0.15) is 0 Å². The highest BCUT2D eigenvalue weighted by atomic mass is 16.3. The molecule has 5 heteroatoms. The second-order valence-corrected chi connectivity index (χ2v) is 6.52. The lowest BCUT2D eigenvalue weighted by atomic mass is 10.0. The summed E-state index contributed by atoms with van der Waals surface area (Å²) in [6, 6.07) is 18.7. The van der Waals surface area contributed by atoms with E-state index in [4.69, 9.17) is 0 Å². The van der Waals surface area contributed by atoms with Crippen molar-refractivity contribution in [2.45, 2.75) is 18.9 Å². The van der Waals surface area contributed by atoms with Gasteiger partial charge in [0.2, 0.25) is 5.91 Å². The number of aliphatic hydroxyl groups excluding tert-OH is 1. The van der Waals surface area contributed by atoms with Crippen LogP contribution in [0.15, 0.2) is 60.7 Å². The highest BCUT2D eigenvalue weighted by Crippen LogP contribution is 2.15. The molecule has 136 valence electrons. The SMILES string of the molecule is O=C(c1ccccc1)N1CCC(=O)N([C@H](CO)Cc2ccccc2)CC1. The van der Waals surface area contributed by atoms with E-state index in [9.17, 15) is 14.7 Å². The first kappa shape index (κ1) is 18.1. The summed E-state index contributed by atoms with van der Waals surface area (Å²) in [7, 11) is 0. The summed E-state index contributed by atoms with van der Waals surface area (Å²) in [4.78, 5) is 28.7. The molecule has 2 aromatic rings. The number of benzene rings is 2. The maximum atomic E-state index is 12.6. The van der Waals surface area contributed by atoms with Crippen LogP contribution in [0.3, 0.4) is 0 Å². The van der Waals surface area contributed by atoms with Gasteiger partial charge in [0.15, 0.2) is 0 Å². The molecule has 26 heavy (non-hydrogen) atoms. The van der Waals surface area contributed by atoms with Crippen LogP contribution in [-0.4, -0.2) is 59.0 Å². The monoisotopic (exact) mass is 352 g/mol. The average Bonchev–Trinajstić information content (AvgIpc) is 2.89. The van der Waals surface area contributed by atoms with Gasteiger partial charge >= 0.3 is 0 Å². The Morgan fingerprint density at radius 2 is 1.62 bits per heavy atom. The fourth-order valence-electron chi connectivity index (χ4n) is 3.35. The molecule has 1 saturated heterocycles. The average molecular weight is 352 g/mol. The topological polar surface area (TPSA) is 60.9 Å². The van der Waals surface area contributed by atoms with Crippen molar-refractivity contribution in [2.24, 2.45) is 0 Å². The number of rotatable bonds is 5. The third kappa shape index (κ3) is 4.29. The Kier molecular flexibility index (Phi) is 6.02. The first-order chi connectivity index (χ1) is 12.7. The van der Waals surface area contributed by atoms with Gasteiger partial charge in [-0.05, 0) is 24.1 Å². The first-order valence-corrected chi connectivity index (χ1v) is 8.97. The minimum atomic E-state index is -0.267. The van der Waals surface area contributed by atoms with Crippen LogP contribution in [-0.2, 0) is 11.2 Å². The maximum absolute atomic E-state index is 12.6. The molecule has 0 radical (unpaired) electrons. The summed E-state index contributed by atoms with van der Waals surface area (Å²) in [5.41, 5.74) is 1.72. The zero-order chi connectivity index (χ0) is 18.4. The predicted octanol–water partition coefficient (Wildman–Crippen LogP) is 1.96. The van der Waals surface area contributed by atoms with E-state index in [0.29, 0.717) is 31.6 Å². The van der Waals surface area contributed by atoms with Crippen LogP contribution in [0.5, 0.6) is 0 Å². The third-order valence-electron chi connectivity index (χ3n) is 4.80. The standard InChI is InChI=1S/C21H24N2O3/c24-16-19(15-17-7-3-1-4-8-17)23-14-13-22(12-11-20(23)25)21(26)18-9-5-2-6-10-18/h1-10,19,24H,11-16H2/t19-/m0/s1. The van der Waals surface area contributed by atoms with E-state index < -0.39 is 0 Å². The second kappa shape index (κ2) is 8.63. The Bertz CT molecular complexity index is 733. The van der Waals surface area contributed by atoms with Crippen molar-refractivity contribution >= 4 is 11.8 Å². The van der Waals surface area contributed by atoms with Crippen LogP contribution in [0.1, 0.15) is 22.3 Å². The molecule has 0 bridgehead atoms. The zero-order valence-corrected chi connectivity index (χ0v) is 14.8. The molecule has 1 atom stereocenters. The molecule has 0 spiro atoms. The van der Waals surface area contributed by atoms with Crippen LogP contribution >= 0.6 is 0 Å². The van der Waals surface area contributed by atoms with Crippen LogP contribution in [0.4, 0.5) is 0 Å². The van der Waals surface area contributed by atoms with Gasteiger partial charge in [-0.1, -0.05) is 48.5 Å². The Hall–Kier alpha value is -2.66. The normalized spacial score (nSPS) is 16.3. The Balaban J connectivity index is 1.68. The number of hydrogen-bond donors (Lipinski definition) is 1. The van der Waals surface area contributed by atoms with Gasteiger partial charge in [-0.15, -0.1) is 0 Å². The number of aliphatic hydroxyl groups is 1. The fourth-order valence-corrected chi connectivity index (χ4v) is 3.35. The van der Waals surface area contributed by atoms with E-state index in [1.807, 2.05) is 48.5 Å². The van der Waals surface area contributed by atoms with E-state index >= 15 is 0 Å². The van der Waals surface area contributed by atoms with Gasteiger partial charge in [0.1, 0.15) is 0 Å². The van der Waals surface area contributed by atoms with Crippen molar-refractivity contribution < 1.29 is 14.7 Å². The lowest BCUT2D eigenvalue weighted by molar-refractivity contribution is -0.133. The summed E-state index contributed by atoms with van der Waals surface area (Å²) < 4.78 is 0. The number of hydrogen-bond acceptors (Lipinski definition) is 3. The van der Waals surface area contributed by atoms with E-state index in [0.717, 1.165) is 5.56 Å². The molecule has 5 nitrogen and oxygen atoms in total. The molecular weight excluding hydrogens is 328 g/mol. The maximum Gasteiger partial charge on any atom is 0.253 e. The van der Waals surface area contributed by atoms with Crippen molar-refractivity contribution in [1.29, 1.82) is 0 Å². The smallest absolute Gasteiger partial charge is 0.253 e. The minimum Gasteiger partial charge on any atom is -0.394 e. The summed E-state index contributed by atoms with van der Waals surface area (Å²) in [6.45, 7) is 1.24. The molecule has 1 aliphatic heterocycles. The summed E-state index contributed by atoms with van der Waals surface area (Å²) >= 11 is 0. The molecule has 0 saturated carbocycles. The third-order valence-corrected chi connectivity index (χ3v) is 4.80. The molecule has 0 aliphatic carbocycles. The molecule has 0 aromatic heterocycles. The molecule has 3 rings (SSSR count). The van der Waals surface area contributed by atoms with Crippen molar-refractivity contribution in [1.82, 2.24) is 9.80 Å². The minimum absolute atomic E-state index is 0.0108. The quantitative estimate of drug-likeness (QED) is 0.895. The number of carbonyl (C=O) groups excluding carboxylic acids is 2. The van der Waals surface area contributed by atoms with E-state index in [-0.39, 0.29) is 30.9 Å². The van der Waals surface area contributed by atoms with Gasteiger partial charge in [-0.3, -0.25) is 9.59 Å². The molecule has 1 fully saturated rings. The van der Waals surface area contributed by atoms with Gasteiger partial charge in [-0.25, -0.2) is 0 Å². The van der Waals surface area contributed by atoms with E-state index in [1.54, 1.807) is 21.9 Å². The number of nitrogens with zero attached hydrogens (tertiary/aromatic N) is 2. The molecule has 2 amide bonds. The molecule has 1 N–H and O–H groups in total. The lowest BCUT2D eigenvalue weighted by Gasteiger charge is -2.30. The van der Waals surface area contributed by atoms with Crippen LogP contribution < -0.4 is 0 Å². The van der Waals surface area contributed by atoms with Crippen molar-refractivity contribution in [2.75, 3.05) is 26.2 Å². The molecular formula is C21H24N2O3. The molecule has 2 aromatic carbocycles. The molecule has 1 heterocycles. The second-order valence-electron chi connectivity index (χ2n) is 6.52. The highest BCUT2D eigenvalue weighted by Gasteiger charge is 2.29. The Morgan fingerprint density at radius 3 is 2.27 bits per heavy atom. The van der Waals surface area contributed by atoms with E-state index in [2.05, 4.69) is 0 Å². The fraction of sp³-hybridized carbons (Fsp3) is 0.333. The van der Waals surface area contributed by atoms with Crippen molar-refractivity contribution in [3.8, 4) is 0 Å². The Labute approximate surface area is 153 Å². The largest absolute Gasteiger partial charge is 0.394 e. The first-order valence-electron chi connectivity index (χ1n) is 8.97. The van der Waals surface area contributed by atoms with Gasteiger partial charge in [0.05, 0.1) is 12.6 Å². The van der Waals surface area contributed by atoms with Crippen LogP contribution in [0.2, 0.25) is 0 Å². The summed E-state index contributed by atoms with van der Waals surface area (Å²) in [5.74, 6) is -0.0628. The van der Waals surface area contributed by atoms with Crippen molar-refractivity contribution in [3.63, 3.8) is 0 Å². The summed E-state index contributed by atoms with van der Waals surface area (Å²) in [6.07, 6.45) is 0.888. The van der Waals surface area contributed by atoms with Gasteiger partial charge in [0.25, 0.3) is 5.91 Å².